The van der Waals surface area contributed by atoms with Gasteiger partial charge in [-0.15, -0.1) is 0 Å². The molecular formula is C11H21N3. The van der Waals surface area contributed by atoms with Gasteiger partial charge in [0.15, 0.2) is 0 Å². The molecular weight excluding hydrogens is 174 g/mol. The smallest absolute Gasteiger partial charge is 0.101 e. The molecule has 0 saturated carbocycles. The third-order valence-corrected chi connectivity index (χ3v) is 3.23. The Hall–Kier alpha value is -0.590. The van der Waals surface area contributed by atoms with Gasteiger partial charge in [-0.3, -0.25) is 4.90 Å². The van der Waals surface area contributed by atoms with E-state index in [1.54, 1.807) is 0 Å². The Kier molecular flexibility index (Phi) is 4.37. The lowest BCUT2D eigenvalue weighted by molar-refractivity contribution is 0.146. The molecule has 2 unspecified atom stereocenters. The van der Waals surface area contributed by atoms with Crippen LogP contribution < -0.4 is 5.32 Å². The van der Waals surface area contributed by atoms with Gasteiger partial charge in [-0.2, -0.15) is 5.26 Å². The largest absolute Gasteiger partial charge is 0.314 e. The van der Waals surface area contributed by atoms with E-state index < -0.39 is 0 Å². The van der Waals surface area contributed by atoms with Crippen molar-refractivity contribution in [2.24, 2.45) is 11.8 Å². The first-order valence-corrected chi connectivity index (χ1v) is 5.51. The molecule has 80 valence electrons. The van der Waals surface area contributed by atoms with E-state index >= 15 is 0 Å². The first-order chi connectivity index (χ1) is 6.66. The highest BCUT2D eigenvalue weighted by Crippen LogP contribution is 2.19. The molecule has 1 rings (SSSR count). The van der Waals surface area contributed by atoms with Crippen molar-refractivity contribution in [1.29, 1.82) is 5.26 Å². The molecule has 1 aliphatic heterocycles. The van der Waals surface area contributed by atoms with Crippen LogP contribution in [0.5, 0.6) is 0 Å². The lowest BCUT2D eigenvalue weighted by Crippen LogP contribution is -2.50. The van der Waals surface area contributed by atoms with E-state index in [1.165, 1.54) is 0 Å². The summed E-state index contributed by atoms with van der Waals surface area (Å²) in [5, 5.41) is 12.5. The van der Waals surface area contributed by atoms with E-state index in [0.29, 0.717) is 11.8 Å². The number of hydrogen-bond acceptors (Lipinski definition) is 3. The fourth-order valence-corrected chi connectivity index (χ4v) is 1.86. The molecule has 0 spiro atoms. The summed E-state index contributed by atoms with van der Waals surface area (Å²) in [5.74, 6) is 1.03. The molecule has 1 saturated heterocycles. The van der Waals surface area contributed by atoms with E-state index in [1.807, 2.05) is 0 Å². The highest BCUT2D eigenvalue weighted by Gasteiger charge is 2.26. The molecule has 0 amide bonds. The number of piperazine rings is 1. The quantitative estimate of drug-likeness (QED) is 0.732. The molecule has 0 radical (unpaired) electrons. The minimum absolute atomic E-state index is 0.0945. The summed E-state index contributed by atoms with van der Waals surface area (Å²) in [6.07, 6.45) is 0. The monoisotopic (exact) mass is 195 g/mol. The van der Waals surface area contributed by atoms with Crippen molar-refractivity contribution in [2.75, 3.05) is 26.2 Å². The van der Waals surface area contributed by atoms with Crippen LogP contribution in [-0.4, -0.2) is 37.1 Å². The lowest BCUT2D eigenvalue weighted by atomic mass is 9.90. The van der Waals surface area contributed by atoms with E-state index in [0.717, 1.165) is 26.2 Å². The summed E-state index contributed by atoms with van der Waals surface area (Å²) in [7, 11) is 0. The van der Waals surface area contributed by atoms with Crippen molar-refractivity contribution >= 4 is 0 Å². The average Bonchev–Trinajstić information content (AvgIpc) is 2.20. The molecule has 1 N–H and O–H groups in total. The second-order valence-corrected chi connectivity index (χ2v) is 4.46. The zero-order valence-corrected chi connectivity index (χ0v) is 9.45. The summed E-state index contributed by atoms with van der Waals surface area (Å²) in [6.45, 7) is 10.6. The molecule has 1 heterocycles. The first-order valence-electron chi connectivity index (χ1n) is 5.51. The lowest BCUT2D eigenvalue weighted by Gasteiger charge is -2.35. The molecule has 3 nitrogen and oxygen atoms in total. The molecule has 0 aromatic rings. The minimum atomic E-state index is 0.0945. The third kappa shape index (κ3) is 2.70. The number of nitrogens with zero attached hydrogens (tertiary/aromatic N) is 2. The van der Waals surface area contributed by atoms with Gasteiger partial charge in [0, 0.05) is 26.2 Å². The predicted octanol–water partition coefficient (Wildman–Crippen LogP) is 1.08. The highest BCUT2D eigenvalue weighted by atomic mass is 15.2. The van der Waals surface area contributed by atoms with Crippen molar-refractivity contribution < 1.29 is 0 Å². The normalized spacial score (nSPS) is 23.1. The Morgan fingerprint density at radius 1 is 1.21 bits per heavy atom. The van der Waals surface area contributed by atoms with E-state index in [9.17, 15) is 5.26 Å². The van der Waals surface area contributed by atoms with Gasteiger partial charge >= 0.3 is 0 Å². The molecule has 0 aliphatic carbocycles. The van der Waals surface area contributed by atoms with Crippen molar-refractivity contribution in [3.63, 3.8) is 0 Å². The van der Waals surface area contributed by atoms with Crippen LogP contribution in [0.15, 0.2) is 0 Å². The maximum atomic E-state index is 9.19. The first kappa shape index (κ1) is 11.5. The van der Waals surface area contributed by atoms with Crippen molar-refractivity contribution in [1.82, 2.24) is 10.2 Å². The highest BCUT2D eigenvalue weighted by molar-refractivity contribution is 4.97. The fraction of sp³-hybridized carbons (Fsp3) is 0.909. The standard InChI is InChI=1S/C11H21N3/c1-9(2)10(3)11(8-12)14-6-4-13-5-7-14/h9-11,13H,4-7H2,1-3H3. The second kappa shape index (κ2) is 5.33. The van der Waals surface area contributed by atoms with Crippen LogP contribution in [0.2, 0.25) is 0 Å². The summed E-state index contributed by atoms with van der Waals surface area (Å²) < 4.78 is 0. The van der Waals surface area contributed by atoms with Gasteiger partial charge in [0.25, 0.3) is 0 Å². The summed E-state index contributed by atoms with van der Waals surface area (Å²) in [4.78, 5) is 2.31. The predicted molar refractivity (Wildman–Crippen MR) is 57.8 cm³/mol. The van der Waals surface area contributed by atoms with E-state index in [2.05, 4.69) is 37.1 Å². The van der Waals surface area contributed by atoms with Gasteiger partial charge in [-0.1, -0.05) is 20.8 Å². The van der Waals surface area contributed by atoms with Gasteiger partial charge in [0.1, 0.15) is 6.04 Å². The molecule has 1 fully saturated rings. The Labute approximate surface area is 87.1 Å². The van der Waals surface area contributed by atoms with Crippen LogP contribution in [0.4, 0.5) is 0 Å². The molecule has 0 aromatic heterocycles. The van der Waals surface area contributed by atoms with E-state index in [-0.39, 0.29) is 6.04 Å². The van der Waals surface area contributed by atoms with Crippen LogP contribution in [0.1, 0.15) is 20.8 Å². The van der Waals surface area contributed by atoms with Gasteiger partial charge < -0.3 is 5.32 Å². The second-order valence-electron chi connectivity index (χ2n) is 4.46. The van der Waals surface area contributed by atoms with Crippen LogP contribution in [0.3, 0.4) is 0 Å². The Bertz CT molecular complexity index is 201. The summed E-state index contributed by atoms with van der Waals surface area (Å²) in [5.41, 5.74) is 0. The van der Waals surface area contributed by atoms with Gasteiger partial charge in [-0.25, -0.2) is 0 Å². The van der Waals surface area contributed by atoms with Gasteiger partial charge in [0.2, 0.25) is 0 Å². The van der Waals surface area contributed by atoms with E-state index in [4.69, 9.17) is 0 Å². The molecule has 2 atom stereocenters. The molecule has 1 aliphatic rings. The third-order valence-electron chi connectivity index (χ3n) is 3.23. The van der Waals surface area contributed by atoms with Crippen molar-refractivity contribution in [2.45, 2.75) is 26.8 Å². The maximum absolute atomic E-state index is 9.19. The Morgan fingerprint density at radius 3 is 2.21 bits per heavy atom. The number of nitrogens with one attached hydrogen (secondary N) is 1. The Balaban J connectivity index is 2.56. The fourth-order valence-electron chi connectivity index (χ4n) is 1.86. The number of rotatable bonds is 3. The molecule has 0 bridgehead atoms. The molecule has 14 heavy (non-hydrogen) atoms. The maximum Gasteiger partial charge on any atom is 0.101 e. The minimum Gasteiger partial charge on any atom is -0.314 e. The summed E-state index contributed by atoms with van der Waals surface area (Å²) in [6, 6.07) is 2.55. The van der Waals surface area contributed by atoms with Crippen molar-refractivity contribution in [3.05, 3.63) is 0 Å². The van der Waals surface area contributed by atoms with Crippen LogP contribution in [0.25, 0.3) is 0 Å². The Morgan fingerprint density at radius 2 is 1.79 bits per heavy atom. The van der Waals surface area contributed by atoms with Crippen LogP contribution in [-0.2, 0) is 0 Å². The van der Waals surface area contributed by atoms with Crippen LogP contribution in [0, 0.1) is 23.2 Å². The van der Waals surface area contributed by atoms with Crippen LogP contribution >= 0.6 is 0 Å². The number of hydrogen-bond donors (Lipinski definition) is 1. The van der Waals surface area contributed by atoms with Gasteiger partial charge in [-0.05, 0) is 11.8 Å². The average molecular weight is 195 g/mol. The zero-order chi connectivity index (χ0) is 10.6. The molecule has 0 aromatic carbocycles. The molecule has 3 heteroatoms. The zero-order valence-electron chi connectivity index (χ0n) is 9.45. The topological polar surface area (TPSA) is 39.1 Å². The van der Waals surface area contributed by atoms with Crippen molar-refractivity contribution in [3.8, 4) is 6.07 Å². The number of nitriles is 1. The summed E-state index contributed by atoms with van der Waals surface area (Å²) >= 11 is 0. The van der Waals surface area contributed by atoms with Gasteiger partial charge in [0.05, 0.1) is 6.07 Å². The SMILES string of the molecule is CC(C)C(C)C(C#N)N1CCNCC1.